The molecular formula is C14H16N2O. The van der Waals surface area contributed by atoms with E-state index in [9.17, 15) is 0 Å². The number of pyridine rings is 1. The molecule has 1 saturated heterocycles. The minimum atomic E-state index is 0.281. The van der Waals surface area contributed by atoms with E-state index in [1.165, 1.54) is 0 Å². The van der Waals surface area contributed by atoms with Gasteiger partial charge in [0.1, 0.15) is 11.9 Å². The molecule has 0 saturated carbocycles. The minimum absolute atomic E-state index is 0.281. The summed E-state index contributed by atoms with van der Waals surface area (Å²) in [6.45, 7) is 3.12. The third kappa shape index (κ3) is 2.11. The first-order valence-electron chi connectivity index (χ1n) is 6.06. The average Bonchev–Trinajstić information content (AvgIpc) is 2.75. The quantitative estimate of drug-likeness (QED) is 0.856. The Morgan fingerprint density at radius 2 is 2.29 bits per heavy atom. The fourth-order valence-corrected chi connectivity index (χ4v) is 2.36. The number of hydrogen-bond donors (Lipinski definition) is 1. The molecule has 0 spiro atoms. The van der Waals surface area contributed by atoms with Gasteiger partial charge in [-0.25, -0.2) is 0 Å². The van der Waals surface area contributed by atoms with E-state index < -0.39 is 0 Å². The van der Waals surface area contributed by atoms with Crippen LogP contribution >= 0.6 is 0 Å². The number of aromatic nitrogens is 1. The fraction of sp³-hybridized carbons (Fsp3) is 0.357. The van der Waals surface area contributed by atoms with Crippen LogP contribution < -0.4 is 10.1 Å². The number of nitrogens with one attached hydrogen (secondary N) is 1. The fourth-order valence-electron chi connectivity index (χ4n) is 2.36. The van der Waals surface area contributed by atoms with Crippen molar-refractivity contribution < 1.29 is 4.74 Å². The monoisotopic (exact) mass is 228 g/mol. The molecule has 1 aliphatic rings. The van der Waals surface area contributed by atoms with E-state index in [2.05, 4.69) is 23.3 Å². The van der Waals surface area contributed by atoms with Gasteiger partial charge < -0.3 is 10.1 Å². The molecule has 2 heterocycles. The molecule has 3 nitrogen and oxygen atoms in total. The van der Waals surface area contributed by atoms with Gasteiger partial charge in [0, 0.05) is 42.2 Å². The van der Waals surface area contributed by atoms with Crippen LogP contribution in [0.2, 0.25) is 0 Å². The number of benzene rings is 1. The Kier molecular flexibility index (Phi) is 2.69. The van der Waals surface area contributed by atoms with Crippen LogP contribution in [-0.2, 0) is 0 Å². The molecule has 3 rings (SSSR count). The maximum atomic E-state index is 6.07. The summed E-state index contributed by atoms with van der Waals surface area (Å²) in [4.78, 5) is 4.13. The summed E-state index contributed by atoms with van der Waals surface area (Å²) >= 11 is 0. The normalized spacial score (nSPS) is 24.1. The molecular weight excluding hydrogens is 212 g/mol. The van der Waals surface area contributed by atoms with Crippen molar-refractivity contribution in [1.29, 1.82) is 0 Å². The highest BCUT2D eigenvalue weighted by Crippen LogP contribution is 2.26. The van der Waals surface area contributed by atoms with Gasteiger partial charge in [-0.1, -0.05) is 12.1 Å². The summed E-state index contributed by atoms with van der Waals surface area (Å²) in [6.07, 6.45) is 5.04. The van der Waals surface area contributed by atoms with Gasteiger partial charge in [0.05, 0.1) is 0 Å². The van der Waals surface area contributed by atoms with Gasteiger partial charge in [0.15, 0.2) is 0 Å². The Bertz CT molecular complexity index is 521. The van der Waals surface area contributed by atoms with Crippen LogP contribution in [0.3, 0.4) is 0 Å². The van der Waals surface area contributed by atoms with E-state index >= 15 is 0 Å². The number of ether oxygens (including phenoxy) is 1. The van der Waals surface area contributed by atoms with Crippen LogP contribution in [0.25, 0.3) is 10.8 Å². The highest BCUT2D eigenvalue weighted by atomic mass is 16.5. The second-order valence-corrected chi connectivity index (χ2v) is 4.64. The highest BCUT2D eigenvalue weighted by Gasteiger charge is 2.22. The second kappa shape index (κ2) is 4.34. The average molecular weight is 228 g/mol. The molecule has 0 amide bonds. The van der Waals surface area contributed by atoms with Crippen LogP contribution in [-0.4, -0.2) is 23.7 Å². The molecule has 1 fully saturated rings. The Morgan fingerprint density at radius 3 is 3.12 bits per heavy atom. The van der Waals surface area contributed by atoms with Gasteiger partial charge in [0.2, 0.25) is 0 Å². The minimum Gasteiger partial charge on any atom is -0.488 e. The van der Waals surface area contributed by atoms with E-state index in [-0.39, 0.29) is 6.10 Å². The molecule has 1 N–H and O–H groups in total. The third-order valence-corrected chi connectivity index (χ3v) is 3.24. The first-order chi connectivity index (χ1) is 8.33. The van der Waals surface area contributed by atoms with Crippen molar-refractivity contribution in [3.05, 3.63) is 36.7 Å². The Balaban J connectivity index is 1.90. The summed E-state index contributed by atoms with van der Waals surface area (Å²) in [7, 11) is 0. The van der Waals surface area contributed by atoms with Crippen LogP contribution in [0.5, 0.6) is 5.75 Å². The lowest BCUT2D eigenvalue weighted by molar-refractivity contribution is 0.223. The second-order valence-electron chi connectivity index (χ2n) is 4.64. The van der Waals surface area contributed by atoms with E-state index in [1.807, 2.05) is 30.6 Å². The van der Waals surface area contributed by atoms with Gasteiger partial charge in [-0.15, -0.1) is 0 Å². The third-order valence-electron chi connectivity index (χ3n) is 3.24. The van der Waals surface area contributed by atoms with E-state index in [1.54, 1.807) is 0 Å². The Morgan fingerprint density at radius 1 is 1.35 bits per heavy atom. The number of rotatable bonds is 2. The first-order valence-corrected chi connectivity index (χ1v) is 6.06. The van der Waals surface area contributed by atoms with Gasteiger partial charge in [-0.2, -0.15) is 0 Å². The molecule has 2 atom stereocenters. The molecule has 0 aliphatic carbocycles. The van der Waals surface area contributed by atoms with Crippen molar-refractivity contribution in [2.24, 2.45) is 0 Å². The topological polar surface area (TPSA) is 34.1 Å². The number of nitrogens with zero attached hydrogens (tertiary/aromatic N) is 1. The first kappa shape index (κ1) is 10.5. The van der Waals surface area contributed by atoms with Crippen LogP contribution in [0.4, 0.5) is 0 Å². The number of fused-ring (bicyclic) bond motifs is 1. The Labute approximate surface area is 101 Å². The maximum Gasteiger partial charge on any atom is 0.127 e. The molecule has 2 unspecified atom stereocenters. The summed E-state index contributed by atoms with van der Waals surface area (Å²) < 4.78 is 6.07. The van der Waals surface area contributed by atoms with Crippen molar-refractivity contribution in [3.63, 3.8) is 0 Å². The molecule has 0 bridgehead atoms. The summed E-state index contributed by atoms with van der Waals surface area (Å²) in [5.74, 6) is 0.964. The van der Waals surface area contributed by atoms with Crippen molar-refractivity contribution in [1.82, 2.24) is 10.3 Å². The van der Waals surface area contributed by atoms with Gasteiger partial charge in [-0.05, 0) is 19.1 Å². The lowest BCUT2D eigenvalue weighted by atomic mass is 10.1. The lowest BCUT2D eigenvalue weighted by Gasteiger charge is -2.14. The molecule has 0 radical (unpaired) electrons. The van der Waals surface area contributed by atoms with Crippen LogP contribution in [0, 0.1) is 0 Å². The molecule has 88 valence electrons. The lowest BCUT2D eigenvalue weighted by Crippen LogP contribution is -2.20. The highest BCUT2D eigenvalue weighted by molar-refractivity contribution is 5.87. The van der Waals surface area contributed by atoms with Gasteiger partial charge >= 0.3 is 0 Å². The van der Waals surface area contributed by atoms with Gasteiger partial charge in [0.25, 0.3) is 0 Å². The van der Waals surface area contributed by atoms with Gasteiger partial charge in [-0.3, -0.25) is 4.98 Å². The predicted octanol–water partition coefficient (Wildman–Crippen LogP) is 2.36. The molecule has 1 aromatic carbocycles. The van der Waals surface area contributed by atoms with E-state index in [4.69, 9.17) is 4.74 Å². The smallest absolute Gasteiger partial charge is 0.127 e. The summed E-state index contributed by atoms with van der Waals surface area (Å²) in [5.41, 5.74) is 0. The maximum absolute atomic E-state index is 6.07. The summed E-state index contributed by atoms with van der Waals surface area (Å²) in [6, 6.07) is 8.68. The SMILES string of the molecule is CC1CC(Oc2cccc3cnccc23)CN1. The zero-order chi connectivity index (χ0) is 11.7. The van der Waals surface area contributed by atoms with E-state index in [0.717, 1.165) is 29.5 Å². The predicted molar refractivity (Wildman–Crippen MR) is 68.2 cm³/mol. The zero-order valence-corrected chi connectivity index (χ0v) is 9.89. The van der Waals surface area contributed by atoms with Crippen molar-refractivity contribution in [3.8, 4) is 5.75 Å². The molecule has 3 heteroatoms. The standard InChI is InChI=1S/C14H16N2O/c1-10-7-12(9-16-10)17-14-4-2-3-11-8-15-6-5-13(11)14/h2-6,8,10,12,16H,7,9H2,1H3. The molecule has 1 aromatic heterocycles. The van der Waals surface area contributed by atoms with Crippen LogP contribution in [0.15, 0.2) is 36.7 Å². The molecule has 1 aliphatic heterocycles. The summed E-state index contributed by atoms with van der Waals surface area (Å²) in [5, 5.41) is 5.67. The van der Waals surface area contributed by atoms with Crippen molar-refractivity contribution in [2.75, 3.05) is 6.54 Å². The molecule has 17 heavy (non-hydrogen) atoms. The number of hydrogen-bond acceptors (Lipinski definition) is 3. The van der Waals surface area contributed by atoms with Crippen LogP contribution in [0.1, 0.15) is 13.3 Å². The van der Waals surface area contributed by atoms with Crippen molar-refractivity contribution >= 4 is 10.8 Å². The molecule has 2 aromatic rings. The largest absolute Gasteiger partial charge is 0.488 e. The Hall–Kier alpha value is -1.61. The van der Waals surface area contributed by atoms with E-state index in [0.29, 0.717) is 6.04 Å². The zero-order valence-electron chi connectivity index (χ0n) is 9.89. The van der Waals surface area contributed by atoms with Crippen molar-refractivity contribution in [2.45, 2.75) is 25.5 Å².